The summed E-state index contributed by atoms with van der Waals surface area (Å²) in [5, 5.41) is 0. The zero-order chi connectivity index (χ0) is 52.5. The van der Waals surface area contributed by atoms with Gasteiger partial charge in [0.25, 0.3) is 0 Å². The third kappa shape index (κ3) is 6.76. The van der Waals surface area contributed by atoms with Crippen LogP contribution in [0.5, 0.6) is 11.5 Å². The molecule has 1 spiro atoms. The third-order valence-corrected chi connectivity index (χ3v) is 20.0. The van der Waals surface area contributed by atoms with Crippen LogP contribution < -0.4 is 9.64 Å². The minimum Gasteiger partial charge on any atom is -0.457 e. The number of hydrogen-bond donors (Lipinski definition) is 0. The molecule has 0 bridgehead atoms. The van der Waals surface area contributed by atoms with Crippen molar-refractivity contribution >= 4 is 17.1 Å². The van der Waals surface area contributed by atoms with Gasteiger partial charge in [-0.15, -0.1) is 0 Å². The summed E-state index contributed by atoms with van der Waals surface area (Å²) in [5.41, 5.74) is 25.9. The van der Waals surface area contributed by atoms with Crippen LogP contribution in [0.15, 0.2) is 224 Å². The topological polar surface area (TPSA) is 12.5 Å². The van der Waals surface area contributed by atoms with Crippen molar-refractivity contribution in [2.75, 3.05) is 4.90 Å². The van der Waals surface area contributed by atoms with Gasteiger partial charge in [-0.1, -0.05) is 228 Å². The van der Waals surface area contributed by atoms with Crippen molar-refractivity contribution in [2.24, 2.45) is 0 Å². The second-order valence-electron chi connectivity index (χ2n) is 24.3. The predicted molar refractivity (Wildman–Crippen MR) is 325 cm³/mol. The molecule has 6 aliphatic rings. The van der Waals surface area contributed by atoms with Crippen LogP contribution in [0.2, 0.25) is 0 Å². The van der Waals surface area contributed by atoms with Gasteiger partial charge in [0.2, 0.25) is 0 Å². The van der Waals surface area contributed by atoms with E-state index in [4.69, 9.17) is 4.74 Å². The fourth-order valence-electron chi connectivity index (χ4n) is 16.3. The molecule has 0 N–H and O–H groups in total. The maximum absolute atomic E-state index is 7.24. The van der Waals surface area contributed by atoms with E-state index in [1.165, 1.54) is 164 Å². The molecular weight excluding hydrogens is 955 g/mol. The van der Waals surface area contributed by atoms with Gasteiger partial charge < -0.3 is 9.64 Å². The molecule has 0 radical (unpaired) electrons. The summed E-state index contributed by atoms with van der Waals surface area (Å²) in [6.45, 7) is 4.82. The first-order valence-corrected chi connectivity index (χ1v) is 29.5. The van der Waals surface area contributed by atoms with Gasteiger partial charge in [0.1, 0.15) is 11.5 Å². The van der Waals surface area contributed by atoms with Crippen molar-refractivity contribution in [2.45, 2.75) is 106 Å². The van der Waals surface area contributed by atoms with Gasteiger partial charge >= 0.3 is 0 Å². The second-order valence-corrected chi connectivity index (χ2v) is 24.3. The maximum Gasteiger partial charge on any atom is 0.132 e. The molecule has 384 valence electrons. The molecule has 2 nitrogen and oxygen atoms in total. The molecule has 2 heteroatoms. The Kier molecular flexibility index (Phi) is 10.6. The van der Waals surface area contributed by atoms with Crippen molar-refractivity contribution in [1.82, 2.24) is 0 Å². The van der Waals surface area contributed by atoms with Crippen LogP contribution in [0.3, 0.4) is 0 Å². The van der Waals surface area contributed by atoms with Gasteiger partial charge in [-0.2, -0.15) is 0 Å². The van der Waals surface area contributed by atoms with Crippen LogP contribution in [0, 0.1) is 0 Å². The molecule has 2 saturated carbocycles. The third-order valence-electron chi connectivity index (χ3n) is 20.0. The van der Waals surface area contributed by atoms with Gasteiger partial charge in [-0.3, -0.25) is 0 Å². The lowest BCUT2D eigenvalue weighted by Crippen LogP contribution is -2.33. The van der Waals surface area contributed by atoms with E-state index >= 15 is 0 Å². The smallest absolute Gasteiger partial charge is 0.132 e. The van der Waals surface area contributed by atoms with E-state index in [-0.39, 0.29) is 5.41 Å². The van der Waals surface area contributed by atoms with E-state index in [1.807, 2.05) is 0 Å². The van der Waals surface area contributed by atoms with Gasteiger partial charge in [0.15, 0.2) is 0 Å². The van der Waals surface area contributed by atoms with Crippen LogP contribution >= 0.6 is 0 Å². The summed E-state index contributed by atoms with van der Waals surface area (Å²) >= 11 is 0. The average Bonchev–Trinajstić information content (AvgIpc) is 4.17. The van der Waals surface area contributed by atoms with E-state index in [2.05, 4.69) is 243 Å². The lowest BCUT2D eigenvalue weighted by atomic mass is 9.64. The molecule has 0 unspecified atom stereocenters. The summed E-state index contributed by atoms with van der Waals surface area (Å²) in [5.74, 6) is 3.03. The largest absolute Gasteiger partial charge is 0.457 e. The quantitative estimate of drug-likeness (QED) is 0.158. The van der Waals surface area contributed by atoms with Crippen molar-refractivity contribution in [3.63, 3.8) is 0 Å². The zero-order valence-corrected chi connectivity index (χ0v) is 45.4. The Morgan fingerprint density at radius 3 is 1.19 bits per heavy atom. The Balaban J connectivity index is 0.972. The standard InChI is InChI=1S/C77H65NO/c1-75(2)65-32-18-15-29-59(65)62-40-37-56(47-68(62)75)78(57-38-41-63-60-30-16-19-33-66(60)76(69(63)48-57,54-25-11-5-12-26-54)55-27-13-6-14-28-55)58-39-42-64-61-31-17-20-34-67(61)77(70(64)49-58)71-45-52(50-21-7-3-8-22-50)35-43-73(71)79-74-44-36-53(46-72(74)77)51-23-9-4-10-24-51/h5-6,11-20,25-51H,3-4,7-10,21-24H2,1-2H3. The van der Waals surface area contributed by atoms with Crippen LogP contribution in [0.1, 0.15) is 157 Å². The van der Waals surface area contributed by atoms with E-state index in [0.29, 0.717) is 11.8 Å². The first kappa shape index (κ1) is 46.9. The summed E-state index contributed by atoms with van der Waals surface area (Å²) in [6, 6.07) is 86.8. The highest BCUT2D eigenvalue weighted by atomic mass is 16.5. The number of benzene rings is 10. The summed E-state index contributed by atoms with van der Waals surface area (Å²) in [6.07, 6.45) is 12.8. The lowest BCUT2D eigenvalue weighted by Gasteiger charge is -2.41. The number of nitrogens with zero attached hydrogens (tertiary/aromatic N) is 1. The number of ether oxygens (including phenoxy) is 1. The highest BCUT2D eigenvalue weighted by Crippen LogP contribution is 2.65. The minimum atomic E-state index is -0.622. The normalized spacial score (nSPS) is 17.5. The Morgan fingerprint density at radius 2 is 0.696 bits per heavy atom. The summed E-state index contributed by atoms with van der Waals surface area (Å²) < 4.78 is 7.24. The number of anilines is 3. The van der Waals surface area contributed by atoms with E-state index < -0.39 is 10.8 Å². The van der Waals surface area contributed by atoms with E-state index in [9.17, 15) is 0 Å². The molecule has 0 atom stereocenters. The zero-order valence-electron chi connectivity index (χ0n) is 45.4. The highest BCUT2D eigenvalue weighted by Gasteiger charge is 2.52. The Hall–Kier alpha value is -8.20. The first-order valence-electron chi connectivity index (χ1n) is 29.5. The van der Waals surface area contributed by atoms with Crippen LogP contribution in [-0.4, -0.2) is 0 Å². The molecule has 0 amide bonds. The molecule has 10 aromatic rings. The molecule has 5 aliphatic carbocycles. The fourth-order valence-corrected chi connectivity index (χ4v) is 16.3. The van der Waals surface area contributed by atoms with Crippen molar-refractivity contribution < 1.29 is 4.74 Å². The summed E-state index contributed by atoms with van der Waals surface area (Å²) in [7, 11) is 0. The van der Waals surface area contributed by atoms with Gasteiger partial charge in [0.05, 0.1) is 10.8 Å². The molecular formula is C77H65NO. The van der Waals surface area contributed by atoms with E-state index in [0.717, 1.165) is 28.6 Å². The molecule has 0 aromatic heterocycles. The van der Waals surface area contributed by atoms with Gasteiger partial charge in [-0.05, 0) is 175 Å². The molecule has 79 heavy (non-hydrogen) atoms. The second kappa shape index (κ2) is 17.9. The van der Waals surface area contributed by atoms with Crippen molar-refractivity contribution in [1.29, 1.82) is 0 Å². The maximum atomic E-state index is 7.24. The molecule has 10 aromatic carbocycles. The predicted octanol–water partition coefficient (Wildman–Crippen LogP) is 20.4. The Bertz CT molecular complexity index is 3950. The molecule has 1 heterocycles. The van der Waals surface area contributed by atoms with Crippen LogP contribution in [0.4, 0.5) is 17.1 Å². The number of hydrogen-bond acceptors (Lipinski definition) is 2. The minimum absolute atomic E-state index is 0.186. The Labute approximate surface area is 466 Å². The summed E-state index contributed by atoms with van der Waals surface area (Å²) in [4.78, 5) is 2.60. The Morgan fingerprint density at radius 1 is 0.316 bits per heavy atom. The fraction of sp³-hybridized carbons (Fsp3) is 0.221. The van der Waals surface area contributed by atoms with Crippen LogP contribution in [0.25, 0.3) is 33.4 Å². The molecule has 1 aliphatic heterocycles. The van der Waals surface area contributed by atoms with Crippen molar-refractivity contribution in [3.8, 4) is 44.9 Å². The lowest BCUT2D eigenvalue weighted by molar-refractivity contribution is 0.424. The first-order chi connectivity index (χ1) is 38.9. The van der Waals surface area contributed by atoms with Crippen LogP contribution in [-0.2, 0) is 16.2 Å². The average molecular weight is 1020 g/mol. The van der Waals surface area contributed by atoms with Crippen molar-refractivity contribution in [3.05, 3.63) is 291 Å². The highest BCUT2D eigenvalue weighted by molar-refractivity contribution is 5.94. The number of rotatable bonds is 7. The monoisotopic (exact) mass is 1020 g/mol. The van der Waals surface area contributed by atoms with Gasteiger partial charge in [-0.25, -0.2) is 0 Å². The molecule has 2 fully saturated rings. The molecule has 0 saturated heterocycles. The van der Waals surface area contributed by atoms with E-state index in [1.54, 1.807) is 0 Å². The SMILES string of the molecule is CC1(C)c2ccccc2-c2ccc(N(c3ccc4c(c3)C(c3ccccc3)(c3ccccc3)c3ccccc3-4)c3ccc4c(c3)C3(c5cc(C6CCCCC6)ccc5Oc5ccc(C6CCCCC6)cc53)c3ccccc3-4)cc21. The molecule has 16 rings (SSSR count). The van der Waals surface area contributed by atoms with Gasteiger partial charge in [0, 0.05) is 33.6 Å². The number of fused-ring (bicyclic) bond motifs is 15.